The predicted molar refractivity (Wildman–Crippen MR) is 152 cm³/mol. The minimum absolute atomic E-state index is 0.187. The third-order valence-electron chi connectivity index (χ3n) is 6.68. The van der Waals surface area contributed by atoms with Crippen molar-refractivity contribution >= 4 is 45.4 Å². The van der Waals surface area contributed by atoms with E-state index in [9.17, 15) is 14.4 Å². The van der Waals surface area contributed by atoms with Gasteiger partial charge in [-0.3, -0.25) is 9.59 Å². The van der Waals surface area contributed by atoms with Crippen molar-refractivity contribution in [1.82, 2.24) is 9.63 Å². The summed E-state index contributed by atoms with van der Waals surface area (Å²) in [5.41, 5.74) is 6.87. The summed E-state index contributed by atoms with van der Waals surface area (Å²) in [5, 5.41) is 7.27. The lowest BCUT2D eigenvalue weighted by molar-refractivity contribution is -0.202. The second-order valence-corrected chi connectivity index (χ2v) is 9.62. The quantitative estimate of drug-likeness (QED) is 0.163. The van der Waals surface area contributed by atoms with Gasteiger partial charge in [-0.25, -0.2) is 4.79 Å². The minimum Gasteiger partial charge on any atom is -0.341 e. The van der Waals surface area contributed by atoms with E-state index in [1.165, 1.54) is 31.9 Å². The van der Waals surface area contributed by atoms with Crippen LogP contribution in [-0.2, 0) is 30.6 Å². The smallest absolute Gasteiger partial charge is 0.331 e. The maximum atomic E-state index is 12.2. The number of fused-ring (bicyclic) bond motifs is 3. The average Bonchev–Trinajstić information content (AvgIpc) is 3.21. The van der Waals surface area contributed by atoms with Crippen molar-refractivity contribution in [3.63, 3.8) is 0 Å². The molecule has 4 rings (SSSR count). The number of carbonyl (C=O) groups excluding carboxylic acids is 3. The number of hydrogen-bond donors (Lipinski definition) is 0. The van der Waals surface area contributed by atoms with Crippen LogP contribution in [0.1, 0.15) is 52.2 Å². The summed E-state index contributed by atoms with van der Waals surface area (Å²) < 4.78 is 2.26. The van der Waals surface area contributed by atoms with Crippen LogP contribution in [0.2, 0.25) is 0 Å². The van der Waals surface area contributed by atoms with Crippen LogP contribution in [0, 0.1) is 6.92 Å². The van der Waals surface area contributed by atoms with Crippen LogP contribution in [0.4, 0.5) is 0 Å². The zero-order valence-electron chi connectivity index (χ0n) is 23.1. The molecular formula is C31H33N3O5. The van der Waals surface area contributed by atoms with E-state index in [4.69, 9.17) is 9.68 Å². The van der Waals surface area contributed by atoms with E-state index in [1.54, 1.807) is 6.92 Å². The van der Waals surface area contributed by atoms with Crippen LogP contribution in [0.3, 0.4) is 0 Å². The summed E-state index contributed by atoms with van der Waals surface area (Å²) in [7, 11) is 0. The van der Waals surface area contributed by atoms with Crippen molar-refractivity contribution < 1.29 is 24.1 Å². The Kier molecular flexibility index (Phi) is 8.14. The molecule has 0 bridgehead atoms. The Labute approximate surface area is 227 Å². The van der Waals surface area contributed by atoms with E-state index < -0.39 is 23.9 Å². The first kappa shape index (κ1) is 27.6. The van der Waals surface area contributed by atoms with Gasteiger partial charge in [-0.1, -0.05) is 41.6 Å². The lowest BCUT2D eigenvalue weighted by Crippen LogP contribution is -2.39. The van der Waals surface area contributed by atoms with Gasteiger partial charge in [0.05, 0.1) is 11.8 Å². The van der Waals surface area contributed by atoms with Crippen molar-refractivity contribution in [2.75, 3.05) is 0 Å². The second-order valence-electron chi connectivity index (χ2n) is 9.62. The van der Waals surface area contributed by atoms with Gasteiger partial charge in [0, 0.05) is 61.1 Å². The fourth-order valence-corrected chi connectivity index (χ4v) is 4.98. The van der Waals surface area contributed by atoms with Crippen LogP contribution in [0.15, 0.2) is 65.8 Å². The highest BCUT2D eigenvalue weighted by molar-refractivity contribution is 6.12. The van der Waals surface area contributed by atoms with Crippen LogP contribution in [0.25, 0.3) is 32.9 Å². The number of hydroxylamine groups is 2. The van der Waals surface area contributed by atoms with Crippen LogP contribution in [-0.4, -0.2) is 39.2 Å². The Morgan fingerprint density at radius 3 is 2.21 bits per heavy atom. The lowest BCUT2D eigenvalue weighted by atomic mass is 9.97. The lowest BCUT2D eigenvalue weighted by Gasteiger charge is -2.26. The molecule has 1 aromatic heterocycles. The van der Waals surface area contributed by atoms with Gasteiger partial charge in [-0.05, 0) is 61.7 Å². The standard InChI is InChI=1S/C31H33N3O5/c1-7-33-30-14-12-24(26-11-9-8-10-19(26)2)17-27(30)28-18-25(13-15-31(28)33)29(32-38-22(5)36)16-20(3)34(21(4)35)39-23(6)37/h8-15,17-18,20H,7,16H2,1-6H3. The summed E-state index contributed by atoms with van der Waals surface area (Å²) >= 11 is 0. The number of benzene rings is 3. The number of amides is 1. The molecule has 1 amide bonds. The average molecular weight is 528 g/mol. The van der Waals surface area contributed by atoms with Crippen LogP contribution < -0.4 is 0 Å². The van der Waals surface area contributed by atoms with Gasteiger partial charge in [0.15, 0.2) is 0 Å². The Morgan fingerprint density at radius 2 is 1.59 bits per heavy atom. The van der Waals surface area contributed by atoms with E-state index in [-0.39, 0.29) is 6.42 Å². The monoisotopic (exact) mass is 527 g/mol. The molecule has 3 aromatic carbocycles. The molecule has 8 heteroatoms. The molecule has 1 atom stereocenters. The molecule has 0 saturated carbocycles. The van der Waals surface area contributed by atoms with Gasteiger partial charge in [0.1, 0.15) is 0 Å². The number of nitrogens with zero attached hydrogens (tertiary/aromatic N) is 3. The van der Waals surface area contributed by atoms with Gasteiger partial charge in [-0.15, -0.1) is 0 Å². The van der Waals surface area contributed by atoms with Gasteiger partial charge >= 0.3 is 11.9 Å². The molecule has 8 nitrogen and oxygen atoms in total. The molecule has 4 aromatic rings. The molecule has 1 heterocycles. The number of hydrogen-bond acceptors (Lipinski definition) is 6. The fraction of sp³-hybridized carbons (Fsp3) is 0.290. The van der Waals surface area contributed by atoms with Gasteiger partial charge < -0.3 is 14.2 Å². The van der Waals surface area contributed by atoms with Gasteiger partial charge in [-0.2, -0.15) is 5.06 Å². The molecule has 0 spiro atoms. The van der Waals surface area contributed by atoms with Crippen molar-refractivity contribution in [3.05, 3.63) is 71.8 Å². The molecular weight excluding hydrogens is 494 g/mol. The highest BCUT2D eigenvalue weighted by atomic mass is 16.7. The molecule has 202 valence electrons. The van der Waals surface area contributed by atoms with Crippen LogP contribution >= 0.6 is 0 Å². The summed E-state index contributed by atoms with van der Waals surface area (Å²) in [6.45, 7) is 10.6. The molecule has 0 aliphatic rings. The predicted octanol–water partition coefficient (Wildman–Crippen LogP) is 6.16. The number of aryl methyl sites for hydroxylation is 2. The minimum atomic E-state index is -0.603. The molecule has 0 aliphatic heterocycles. The van der Waals surface area contributed by atoms with Crippen molar-refractivity contribution in [3.8, 4) is 11.1 Å². The zero-order chi connectivity index (χ0) is 28.3. The van der Waals surface area contributed by atoms with Crippen molar-refractivity contribution in [2.45, 2.75) is 60.5 Å². The van der Waals surface area contributed by atoms with E-state index in [0.29, 0.717) is 5.71 Å². The van der Waals surface area contributed by atoms with Gasteiger partial charge in [0.25, 0.3) is 5.91 Å². The Morgan fingerprint density at radius 1 is 0.923 bits per heavy atom. The van der Waals surface area contributed by atoms with Crippen molar-refractivity contribution in [2.24, 2.45) is 5.16 Å². The molecule has 0 fully saturated rings. The molecule has 39 heavy (non-hydrogen) atoms. The SMILES string of the molecule is CCn1c2ccc(C(CC(C)N(OC(C)=O)C(C)=O)=NOC(C)=O)cc2c2cc(-c3ccccc3C)ccc21. The third kappa shape index (κ3) is 5.85. The summed E-state index contributed by atoms with van der Waals surface area (Å²) in [6.07, 6.45) is 0.187. The number of aromatic nitrogens is 1. The Balaban J connectivity index is 1.84. The number of oxime groups is 1. The number of carbonyl (C=O) groups is 3. The highest BCUT2D eigenvalue weighted by Crippen LogP contribution is 2.34. The first-order chi connectivity index (χ1) is 18.6. The zero-order valence-corrected chi connectivity index (χ0v) is 23.1. The maximum absolute atomic E-state index is 12.2. The fourth-order valence-electron chi connectivity index (χ4n) is 4.98. The van der Waals surface area contributed by atoms with E-state index in [0.717, 1.165) is 44.5 Å². The van der Waals surface area contributed by atoms with E-state index in [2.05, 4.69) is 53.9 Å². The Hall–Kier alpha value is -4.46. The summed E-state index contributed by atoms with van der Waals surface area (Å²) in [4.78, 5) is 45.5. The topological polar surface area (TPSA) is 90.2 Å². The number of rotatable bonds is 7. The molecule has 1 unspecified atom stereocenters. The first-order valence-corrected chi connectivity index (χ1v) is 13.0. The van der Waals surface area contributed by atoms with Crippen molar-refractivity contribution in [1.29, 1.82) is 0 Å². The van der Waals surface area contributed by atoms with E-state index in [1.807, 2.05) is 30.3 Å². The summed E-state index contributed by atoms with van der Waals surface area (Å²) in [6, 6.07) is 20.2. The summed E-state index contributed by atoms with van der Waals surface area (Å²) in [5.74, 6) is -1.58. The highest BCUT2D eigenvalue weighted by Gasteiger charge is 2.24. The normalized spacial score (nSPS) is 12.4. The molecule has 0 saturated heterocycles. The van der Waals surface area contributed by atoms with Gasteiger partial charge in [0.2, 0.25) is 0 Å². The Bertz CT molecular complexity index is 1600. The van der Waals surface area contributed by atoms with Crippen LogP contribution in [0.5, 0.6) is 0 Å². The maximum Gasteiger partial charge on any atom is 0.331 e. The van der Waals surface area contributed by atoms with E-state index >= 15 is 0 Å². The molecule has 0 N–H and O–H groups in total. The molecule has 0 radical (unpaired) electrons. The largest absolute Gasteiger partial charge is 0.341 e. The third-order valence-corrected chi connectivity index (χ3v) is 6.68. The first-order valence-electron chi connectivity index (χ1n) is 13.0. The molecule has 0 aliphatic carbocycles. The second kappa shape index (κ2) is 11.5.